The molecule has 0 saturated heterocycles. The quantitative estimate of drug-likeness (QED) is 0.432. The summed E-state index contributed by atoms with van der Waals surface area (Å²) in [4.78, 5) is 10.8. The summed E-state index contributed by atoms with van der Waals surface area (Å²) in [6.07, 6.45) is 6.49. The number of carbonyl (C=O) groups excluding carboxylic acids is 1. The SMILES string of the molecule is C/C=C\C=C(/CC)C(C)=O. The van der Waals surface area contributed by atoms with Crippen molar-refractivity contribution in [2.45, 2.75) is 27.2 Å². The summed E-state index contributed by atoms with van der Waals surface area (Å²) in [5, 5.41) is 0. The Kier molecular flexibility index (Phi) is 4.55. The average Bonchev–Trinajstić information content (AvgIpc) is 1.89. The zero-order valence-electron chi connectivity index (χ0n) is 6.85. The number of hydrogen-bond donors (Lipinski definition) is 0. The molecule has 0 rings (SSSR count). The van der Waals surface area contributed by atoms with Crippen molar-refractivity contribution in [1.29, 1.82) is 0 Å². The fourth-order valence-electron chi connectivity index (χ4n) is 0.697. The van der Waals surface area contributed by atoms with Gasteiger partial charge in [-0.1, -0.05) is 25.2 Å². The van der Waals surface area contributed by atoms with E-state index in [1.807, 2.05) is 32.1 Å². The average molecular weight is 138 g/mol. The second-order valence-corrected chi connectivity index (χ2v) is 2.13. The molecule has 0 bridgehead atoms. The van der Waals surface area contributed by atoms with Gasteiger partial charge in [-0.3, -0.25) is 4.79 Å². The van der Waals surface area contributed by atoms with E-state index in [1.165, 1.54) is 0 Å². The van der Waals surface area contributed by atoms with Gasteiger partial charge in [0.2, 0.25) is 0 Å². The maximum atomic E-state index is 10.8. The summed E-state index contributed by atoms with van der Waals surface area (Å²) < 4.78 is 0. The highest BCUT2D eigenvalue weighted by Gasteiger charge is 1.96. The van der Waals surface area contributed by atoms with Crippen LogP contribution in [0.1, 0.15) is 27.2 Å². The van der Waals surface area contributed by atoms with Gasteiger partial charge < -0.3 is 0 Å². The van der Waals surface area contributed by atoms with Gasteiger partial charge in [-0.25, -0.2) is 0 Å². The van der Waals surface area contributed by atoms with Crippen molar-refractivity contribution in [3.05, 3.63) is 23.8 Å². The summed E-state index contributed by atoms with van der Waals surface area (Å²) in [5.41, 5.74) is 0.887. The summed E-state index contributed by atoms with van der Waals surface area (Å²) in [5.74, 6) is 0.167. The lowest BCUT2D eigenvalue weighted by Crippen LogP contribution is -1.93. The van der Waals surface area contributed by atoms with Gasteiger partial charge in [-0.15, -0.1) is 0 Å². The summed E-state index contributed by atoms with van der Waals surface area (Å²) in [6, 6.07) is 0. The number of Topliss-reactive ketones (excluding diaryl/α,β-unsaturated/α-hetero) is 1. The highest BCUT2D eigenvalue weighted by Crippen LogP contribution is 2.01. The lowest BCUT2D eigenvalue weighted by Gasteiger charge is -1.93. The molecule has 0 radical (unpaired) electrons. The predicted molar refractivity (Wildman–Crippen MR) is 43.9 cm³/mol. The third-order valence-corrected chi connectivity index (χ3v) is 1.32. The molecule has 0 aliphatic heterocycles. The van der Waals surface area contributed by atoms with Gasteiger partial charge in [0.05, 0.1) is 0 Å². The van der Waals surface area contributed by atoms with E-state index < -0.39 is 0 Å². The van der Waals surface area contributed by atoms with Crippen LogP contribution >= 0.6 is 0 Å². The molecule has 0 aliphatic carbocycles. The van der Waals surface area contributed by atoms with Crippen LogP contribution in [0.5, 0.6) is 0 Å². The van der Waals surface area contributed by atoms with Crippen molar-refractivity contribution >= 4 is 5.78 Å². The van der Waals surface area contributed by atoms with Crippen LogP contribution in [-0.2, 0) is 4.79 Å². The third-order valence-electron chi connectivity index (χ3n) is 1.32. The van der Waals surface area contributed by atoms with Crippen LogP contribution in [0.25, 0.3) is 0 Å². The summed E-state index contributed by atoms with van der Waals surface area (Å²) in [6.45, 7) is 5.51. The van der Waals surface area contributed by atoms with E-state index in [1.54, 1.807) is 6.92 Å². The fraction of sp³-hybridized carbons (Fsp3) is 0.444. The highest BCUT2D eigenvalue weighted by atomic mass is 16.1. The monoisotopic (exact) mass is 138 g/mol. The van der Waals surface area contributed by atoms with Crippen LogP contribution < -0.4 is 0 Å². The molecule has 0 atom stereocenters. The first kappa shape index (κ1) is 9.15. The molecule has 10 heavy (non-hydrogen) atoms. The maximum Gasteiger partial charge on any atom is 0.155 e. The van der Waals surface area contributed by atoms with Crippen molar-refractivity contribution in [3.63, 3.8) is 0 Å². The van der Waals surface area contributed by atoms with Crippen molar-refractivity contribution in [3.8, 4) is 0 Å². The van der Waals surface area contributed by atoms with Crippen molar-refractivity contribution < 1.29 is 4.79 Å². The van der Waals surface area contributed by atoms with Gasteiger partial charge in [0.1, 0.15) is 0 Å². The van der Waals surface area contributed by atoms with Crippen LogP contribution in [0.4, 0.5) is 0 Å². The molecule has 1 heteroatoms. The van der Waals surface area contributed by atoms with Crippen molar-refractivity contribution in [2.24, 2.45) is 0 Å². The van der Waals surface area contributed by atoms with Crippen LogP contribution in [0.2, 0.25) is 0 Å². The molecule has 0 fully saturated rings. The zero-order chi connectivity index (χ0) is 7.98. The van der Waals surface area contributed by atoms with E-state index in [0.29, 0.717) is 0 Å². The van der Waals surface area contributed by atoms with Gasteiger partial charge in [0, 0.05) is 0 Å². The minimum Gasteiger partial charge on any atom is -0.295 e. The second-order valence-electron chi connectivity index (χ2n) is 2.13. The molecule has 0 N–H and O–H groups in total. The Balaban J connectivity index is 4.18. The van der Waals surface area contributed by atoms with Crippen LogP contribution in [0, 0.1) is 0 Å². The molecule has 0 unspecified atom stereocenters. The summed E-state index contributed by atoms with van der Waals surface area (Å²) in [7, 11) is 0. The predicted octanol–water partition coefficient (Wildman–Crippen LogP) is 2.49. The standard InChI is InChI=1S/C9H14O/c1-4-6-7-9(5-2)8(3)10/h4,6-7H,5H2,1-3H3/b6-4-,9-7+. The first-order valence-electron chi connectivity index (χ1n) is 3.55. The number of hydrogen-bond acceptors (Lipinski definition) is 1. The van der Waals surface area contributed by atoms with Gasteiger partial charge >= 0.3 is 0 Å². The minimum absolute atomic E-state index is 0.167. The van der Waals surface area contributed by atoms with E-state index in [2.05, 4.69) is 0 Å². The highest BCUT2D eigenvalue weighted by molar-refractivity contribution is 5.93. The summed E-state index contributed by atoms with van der Waals surface area (Å²) >= 11 is 0. The Morgan fingerprint density at radius 2 is 2.10 bits per heavy atom. The molecule has 0 aromatic rings. The Bertz CT molecular complexity index is 164. The largest absolute Gasteiger partial charge is 0.295 e. The number of rotatable bonds is 3. The smallest absolute Gasteiger partial charge is 0.155 e. The molecule has 0 spiro atoms. The first-order chi connectivity index (χ1) is 4.72. The van der Waals surface area contributed by atoms with E-state index in [0.717, 1.165) is 12.0 Å². The lowest BCUT2D eigenvalue weighted by molar-refractivity contribution is -0.113. The molecule has 0 aromatic heterocycles. The molecule has 0 saturated carbocycles. The van der Waals surface area contributed by atoms with Gasteiger partial charge in [-0.05, 0) is 25.8 Å². The Morgan fingerprint density at radius 1 is 1.50 bits per heavy atom. The topological polar surface area (TPSA) is 17.1 Å². The van der Waals surface area contributed by atoms with Gasteiger partial charge in [0.15, 0.2) is 5.78 Å². The number of ketones is 1. The number of allylic oxidation sites excluding steroid dienone is 4. The fourth-order valence-corrected chi connectivity index (χ4v) is 0.697. The van der Waals surface area contributed by atoms with E-state index in [9.17, 15) is 4.79 Å². The lowest BCUT2D eigenvalue weighted by atomic mass is 10.1. The van der Waals surface area contributed by atoms with E-state index in [4.69, 9.17) is 0 Å². The molecular weight excluding hydrogens is 124 g/mol. The molecule has 56 valence electrons. The van der Waals surface area contributed by atoms with Gasteiger partial charge in [-0.2, -0.15) is 0 Å². The first-order valence-corrected chi connectivity index (χ1v) is 3.55. The van der Waals surface area contributed by atoms with Crippen molar-refractivity contribution in [1.82, 2.24) is 0 Å². The van der Waals surface area contributed by atoms with Crippen LogP contribution in [0.3, 0.4) is 0 Å². The van der Waals surface area contributed by atoms with Crippen molar-refractivity contribution in [2.75, 3.05) is 0 Å². The Morgan fingerprint density at radius 3 is 2.40 bits per heavy atom. The third kappa shape index (κ3) is 3.23. The number of carbonyl (C=O) groups is 1. The molecular formula is C9H14O. The molecule has 0 aliphatic rings. The molecule has 0 heterocycles. The maximum absolute atomic E-state index is 10.8. The van der Waals surface area contributed by atoms with E-state index in [-0.39, 0.29) is 5.78 Å². The minimum atomic E-state index is 0.167. The molecule has 0 aromatic carbocycles. The molecule has 1 nitrogen and oxygen atoms in total. The Labute approximate surface area is 62.4 Å². The van der Waals surface area contributed by atoms with E-state index >= 15 is 0 Å². The van der Waals surface area contributed by atoms with Crippen LogP contribution in [0.15, 0.2) is 23.8 Å². The zero-order valence-corrected chi connectivity index (χ0v) is 6.85. The second kappa shape index (κ2) is 4.98. The molecule has 0 amide bonds. The van der Waals surface area contributed by atoms with Gasteiger partial charge in [0.25, 0.3) is 0 Å². The normalized spacial score (nSPS) is 12.5. The van der Waals surface area contributed by atoms with Crippen LogP contribution in [-0.4, -0.2) is 5.78 Å². The Hall–Kier alpha value is -0.850.